The zero-order chi connectivity index (χ0) is 6.97. The normalized spacial score (nSPS) is 17.7. The van der Waals surface area contributed by atoms with Crippen LogP contribution < -0.4 is 5.30 Å². The van der Waals surface area contributed by atoms with Gasteiger partial charge in [-0.3, -0.25) is 0 Å². The molecule has 0 bridgehead atoms. The third-order valence-corrected chi connectivity index (χ3v) is 3.90. The first-order chi connectivity index (χ1) is 4.88. The monoisotopic (exact) mass is 214 g/mol. The molecule has 1 heterocycles. The predicted octanol–water partition coefficient (Wildman–Crippen LogP) is 2.31. The SMILES string of the molecule is Brc1cccc2c1CCP2. The predicted molar refractivity (Wildman–Crippen MR) is 50.7 cm³/mol. The topological polar surface area (TPSA) is 0 Å². The van der Waals surface area contributed by atoms with Crippen molar-refractivity contribution in [2.45, 2.75) is 6.42 Å². The summed E-state index contributed by atoms with van der Waals surface area (Å²) < 4.78 is 1.30. The van der Waals surface area contributed by atoms with Gasteiger partial charge in [-0.2, -0.15) is 0 Å². The number of rotatable bonds is 0. The Bertz CT molecular complexity index is 257. The van der Waals surface area contributed by atoms with Crippen LogP contribution in [0.5, 0.6) is 0 Å². The van der Waals surface area contributed by atoms with Gasteiger partial charge >= 0.3 is 0 Å². The molecule has 0 spiro atoms. The molecular formula is C8H8BrP. The summed E-state index contributed by atoms with van der Waals surface area (Å²) in [6.45, 7) is 0. The van der Waals surface area contributed by atoms with E-state index in [2.05, 4.69) is 34.1 Å². The molecule has 0 N–H and O–H groups in total. The molecule has 0 saturated heterocycles. The molecule has 0 radical (unpaired) electrons. The smallest absolute Gasteiger partial charge is 0.0213 e. The second-order valence-corrected chi connectivity index (χ2v) is 4.69. The van der Waals surface area contributed by atoms with E-state index in [9.17, 15) is 0 Å². The molecule has 1 aromatic carbocycles. The van der Waals surface area contributed by atoms with Crippen molar-refractivity contribution >= 4 is 29.8 Å². The van der Waals surface area contributed by atoms with Crippen molar-refractivity contribution in [1.29, 1.82) is 0 Å². The lowest BCUT2D eigenvalue weighted by molar-refractivity contribution is 1.18. The third kappa shape index (κ3) is 1.02. The van der Waals surface area contributed by atoms with Crippen LogP contribution in [0.15, 0.2) is 22.7 Å². The summed E-state index contributed by atoms with van der Waals surface area (Å²) in [6, 6.07) is 6.50. The number of hydrogen-bond donors (Lipinski definition) is 0. The Morgan fingerprint density at radius 3 is 3.10 bits per heavy atom. The second-order valence-electron chi connectivity index (χ2n) is 2.44. The molecule has 1 aliphatic rings. The average molecular weight is 215 g/mol. The molecule has 0 nitrogen and oxygen atoms in total. The van der Waals surface area contributed by atoms with Gasteiger partial charge < -0.3 is 0 Å². The van der Waals surface area contributed by atoms with E-state index in [1.54, 1.807) is 10.9 Å². The largest absolute Gasteiger partial charge is 0.0897 e. The fourth-order valence-electron chi connectivity index (χ4n) is 1.30. The van der Waals surface area contributed by atoms with E-state index in [1.165, 1.54) is 17.1 Å². The van der Waals surface area contributed by atoms with Crippen LogP contribution in [-0.4, -0.2) is 6.16 Å². The lowest BCUT2D eigenvalue weighted by Crippen LogP contribution is -1.96. The molecule has 2 heteroatoms. The minimum absolute atomic E-state index is 1.05. The number of hydrogen-bond acceptors (Lipinski definition) is 0. The highest BCUT2D eigenvalue weighted by atomic mass is 79.9. The highest BCUT2D eigenvalue weighted by Gasteiger charge is 2.11. The molecule has 0 amide bonds. The third-order valence-electron chi connectivity index (χ3n) is 1.81. The fraction of sp³-hybridized carbons (Fsp3) is 0.250. The van der Waals surface area contributed by atoms with Gasteiger partial charge in [0.25, 0.3) is 0 Å². The van der Waals surface area contributed by atoms with E-state index >= 15 is 0 Å². The summed E-state index contributed by atoms with van der Waals surface area (Å²) in [5.74, 6) is 0. The molecule has 0 saturated carbocycles. The first-order valence-corrected chi connectivity index (χ1v) is 5.39. The fourth-order valence-corrected chi connectivity index (χ4v) is 3.38. The van der Waals surface area contributed by atoms with E-state index in [1.807, 2.05) is 0 Å². The van der Waals surface area contributed by atoms with Crippen molar-refractivity contribution in [1.82, 2.24) is 0 Å². The molecule has 0 aliphatic carbocycles. The summed E-state index contributed by atoms with van der Waals surface area (Å²) in [4.78, 5) is 0. The molecule has 2 rings (SSSR count). The first-order valence-electron chi connectivity index (χ1n) is 3.39. The molecular weight excluding hydrogens is 207 g/mol. The first kappa shape index (κ1) is 6.82. The van der Waals surface area contributed by atoms with Gasteiger partial charge in [0.2, 0.25) is 0 Å². The van der Waals surface area contributed by atoms with Gasteiger partial charge in [0.05, 0.1) is 0 Å². The Kier molecular flexibility index (Phi) is 1.80. The Balaban J connectivity index is 2.59. The van der Waals surface area contributed by atoms with Crippen molar-refractivity contribution < 1.29 is 0 Å². The molecule has 1 aliphatic heterocycles. The van der Waals surface area contributed by atoms with E-state index in [4.69, 9.17) is 0 Å². The number of fused-ring (bicyclic) bond motifs is 1. The van der Waals surface area contributed by atoms with Crippen LogP contribution in [0.25, 0.3) is 0 Å². The molecule has 1 aromatic rings. The maximum Gasteiger partial charge on any atom is 0.0213 e. The summed E-state index contributed by atoms with van der Waals surface area (Å²) in [5.41, 5.74) is 1.54. The van der Waals surface area contributed by atoms with Gasteiger partial charge in [0.15, 0.2) is 0 Å². The maximum atomic E-state index is 3.55. The molecule has 0 aromatic heterocycles. The van der Waals surface area contributed by atoms with Crippen molar-refractivity contribution in [3.63, 3.8) is 0 Å². The lowest BCUT2D eigenvalue weighted by Gasteiger charge is -1.98. The van der Waals surface area contributed by atoms with Crippen LogP contribution in [0.3, 0.4) is 0 Å². The zero-order valence-electron chi connectivity index (χ0n) is 5.52. The lowest BCUT2D eigenvalue weighted by atomic mass is 10.2. The molecule has 52 valence electrons. The average Bonchev–Trinajstić information content (AvgIpc) is 2.36. The van der Waals surface area contributed by atoms with Crippen LogP contribution in [0.2, 0.25) is 0 Å². The van der Waals surface area contributed by atoms with Gasteiger partial charge in [0.1, 0.15) is 0 Å². The van der Waals surface area contributed by atoms with Crippen LogP contribution in [0, 0.1) is 0 Å². The number of benzene rings is 1. The minimum atomic E-state index is 1.05. The number of halogens is 1. The van der Waals surface area contributed by atoms with Gasteiger partial charge in [-0.05, 0) is 29.5 Å². The van der Waals surface area contributed by atoms with Gasteiger partial charge in [-0.15, -0.1) is 0 Å². The van der Waals surface area contributed by atoms with Crippen LogP contribution in [0.4, 0.5) is 0 Å². The van der Waals surface area contributed by atoms with Gasteiger partial charge in [-0.1, -0.05) is 36.6 Å². The highest BCUT2D eigenvalue weighted by molar-refractivity contribution is 9.10. The van der Waals surface area contributed by atoms with E-state index < -0.39 is 0 Å². The Labute approximate surface area is 70.9 Å². The Morgan fingerprint density at radius 1 is 1.40 bits per heavy atom. The van der Waals surface area contributed by atoms with Gasteiger partial charge in [-0.25, -0.2) is 0 Å². The van der Waals surface area contributed by atoms with E-state index in [0.29, 0.717) is 0 Å². The summed E-state index contributed by atoms with van der Waals surface area (Å²) in [6.07, 6.45) is 2.63. The van der Waals surface area contributed by atoms with Crippen molar-refractivity contribution in [2.75, 3.05) is 6.16 Å². The quantitative estimate of drug-likeness (QED) is 0.582. The molecule has 1 atom stereocenters. The van der Waals surface area contributed by atoms with E-state index in [0.717, 1.165) is 8.58 Å². The summed E-state index contributed by atoms with van der Waals surface area (Å²) >= 11 is 3.55. The van der Waals surface area contributed by atoms with Crippen LogP contribution in [-0.2, 0) is 6.42 Å². The Morgan fingerprint density at radius 2 is 2.30 bits per heavy atom. The van der Waals surface area contributed by atoms with E-state index in [-0.39, 0.29) is 0 Å². The summed E-state index contributed by atoms with van der Waals surface area (Å²) in [5, 5.41) is 1.56. The molecule has 1 unspecified atom stereocenters. The van der Waals surface area contributed by atoms with Gasteiger partial charge in [0, 0.05) is 4.47 Å². The standard InChI is InChI=1S/C8H8BrP/c9-7-2-1-3-8-6(7)4-5-10-8/h1-3,10H,4-5H2. The maximum absolute atomic E-state index is 3.55. The highest BCUT2D eigenvalue weighted by Crippen LogP contribution is 2.28. The van der Waals surface area contributed by atoms with Crippen molar-refractivity contribution in [3.8, 4) is 0 Å². The molecule has 0 fully saturated rings. The van der Waals surface area contributed by atoms with Crippen molar-refractivity contribution in [2.24, 2.45) is 0 Å². The van der Waals surface area contributed by atoms with Crippen LogP contribution >= 0.6 is 24.5 Å². The van der Waals surface area contributed by atoms with Crippen molar-refractivity contribution in [3.05, 3.63) is 28.2 Å². The zero-order valence-corrected chi connectivity index (χ0v) is 8.11. The minimum Gasteiger partial charge on any atom is -0.0897 e. The Hall–Kier alpha value is 0.130. The molecule has 10 heavy (non-hydrogen) atoms. The summed E-state index contributed by atoms with van der Waals surface area (Å²) in [7, 11) is 1.05. The second kappa shape index (κ2) is 2.64. The van der Waals surface area contributed by atoms with Crippen LogP contribution in [0.1, 0.15) is 5.56 Å².